The summed E-state index contributed by atoms with van der Waals surface area (Å²) in [4.78, 5) is 23.3. The van der Waals surface area contributed by atoms with Gasteiger partial charge in [-0.05, 0) is 44.9 Å². The Morgan fingerprint density at radius 2 is 2.13 bits per heavy atom. The van der Waals surface area contributed by atoms with E-state index in [2.05, 4.69) is 6.92 Å². The summed E-state index contributed by atoms with van der Waals surface area (Å²) in [5.74, 6) is 1.46. The van der Waals surface area contributed by atoms with Crippen molar-refractivity contribution < 1.29 is 9.59 Å². The van der Waals surface area contributed by atoms with Crippen LogP contribution >= 0.6 is 0 Å². The van der Waals surface area contributed by atoms with E-state index in [9.17, 15) is 9.59 Å². The van der Waals surface area contributed by atoms with Crippen molar-refractivity contribution in [3.05, 3.63) is 0 Å². The van der Waals surface area contributed by atoms with E-state index in [1.165, 1.54) is 0 Å². The number of hydrogen-bond donors (Lipinski definition) is 0. The average Bonchev–Trinajstić information content (AvgIpc) is 2.19. The highest BCUT2D eigenvalue weighted by atomic mass is 16.1. The second-order valence-corrected chi connectivity index (χ2v) is 5.51. The van der Waals surface area contributed by atoms with Gasteiger partial charge in [-0.1, -0.05) is 6.92 Å². The Kier molecular flexibility index (Phi) is 2.70. The third-order valence-corrected chi connectivity index (χ3v) is 4.65. The summed E-state index contributed by atoms with van der Waals surface area (Å²) >= 11 is 0. The van der Waals surface area contributed by atoms with Crippen LogP contribution in [0.1, 0.15) is 52.4 Å². The van der Waals surface area contributed by atoms with Gasteiger partial charge in [-0.15, -0.1) is 0 Å². The van der Waals surface area contributed by atoms with Crippen LogP contribution in [0.4, 0.5) is 0 Å². The molecule has 0 spiro atoms. The third kappa shape index (κ3) is 1.75. The molecule has 3 atom stereocenters. The van der Waals surface area contributed by atoms with Crippen LogP contribution in [0.3, 0.4) is 0 Å². The summed E-state index contributed by atoms with van der Waals surface area (Å²) in [5, 5.41) is 0. The number of rotatable bonds is 1. The Labute approximate surface area is 91.4 Å². The van der Waals surface area contributed by atoms with Crippen molar-refractivity contribution in [3.8, 4) is 0 Å². The molecule has 84 valence electrons. The summed E-state index contributed by atoms with van der Waals surface area (Å²) in [6.45, 7) is 3.81. The number of ketones is 2. The molecule has 0 aromatic heterocycles. The molecule has 0 aromatic rings. The summed E-state index contributed by atoms with van der Waals surface area (Å²) in [7, 11) is 0. The maximum Gasteiger partial charge on any atom is 0.139 e. The molecule has 2 aliphatic rings. The van der Waals surface area contributed by atoms with Gasteiger partial charge in [0.05, 0.1) is 0 Å². The van der Waals surface area contributed by atoms with E-state index >= 15 is 0 Å². The molecule has 2 heteroatoms. The van der Waals surface area contributed by atoms with E-state index in [0.717, 1.165) is 38.5 Å². The first-order chi connectivity index (χ1) is 7.04. The molecule has 0 heterocycles. The van der Waals surface area contributed by atoms with Crippen molar-refractivity contribution >= 4 is 11.6 Å². The van der Waals surface area contributed by atoms with E-state index < -0.39 is 0 Å². The highest BCUT2D eigenvalue weighted by molar-refractivity contribution is 5.86. The number of carbonyl (C=O) groups excluding carboxylic acids is 2. The van der Waals surface area contributed by atoms with Crippen molar-refractivity contribution in [1.29, 1.82) is 0 Å². The lowest BCUT2D eigenvalue weighted by Gasteiger charge is -2.45. The van der Waals surface area contributed by atoms with Gasteiger partial charge in [-0.25, -0.2) is 0 Å². The van der Waals surface area contributed by atoms with E-state index in [-0.39, 0.29) is 11.3 Å². The first kappa shape index (κ1) is 10.8. The van der Waals surface area contributed by atoms with Gasteiger partial charge in [-0.3, -0.25) is 9.59 Å². The average molecular weight is 208 g/mol. The summed E-state index contributed by atoms with van der Waals surface area (Å²) in [5.41, 5.74) is -0.0931. The first-order valence-corrected chi connectivity index (χ1v) is 6.08. The van der Waals surface area contributed by atoms with Gasteiger partial charge in [0, 0.05) is 17.8 Å². The maximum atomic E-state index is 11.9. The molecule has 0 amide bonds. The number of Topliss-reactive ketones (excluding diaryl/α,β-unsaturated/α-hetero) is 2. The molecule has 0 N–H and O–H groups in total. The normalized spacial score (nSPS) is 41.1. The molecule has 15 heavy (non-hydrogen) atoms. The topological polar surface area (TPSA) is 34.1 Å². The molecule has 0 radical (unpaired) electrons. The van der Waals surface area contributed by atoms with E-state index in [1.807, 2.05) is 0 Å². The highest BCUT2D eigenvalue weighted by Crippen LogP contribution is 2.49. The summed E-state index contributed by atoms with van der Waals surface area (Å²) in [6, 6.07) is 0. The molecule has 0 aromatic carbocycles. The standard InChI is InChI=1S/C13H20O2/c1-9(14)10-6-7-13(2)11(8-10)4-3-5-12(13)15/h10-11H,3-8H2,1-2H3. The summed E-state index contributed by atoms with van der Waals surface area (Å²) < 4.78 is 0. The van der Waals surface area contributed by atoms with E-state index in [1.54, 1.807) is 6.92 Å². The second-order valence-electron chi connectivity index (χ2n) is 5.51. The predicted molar refractivity (Wildman–Crippen MR) is 58.5 cm³/mol. The van der Waals surface area contributed by atoms with Crippen molar-refractivity contribution in [2.45, 2.75) is 52.4 Å². The molecule has 2 saturated carbocycles. The SMILES string of the molecule is CC(=O)C1CCC2(C)C(=O)CCCC2C1. The lowest BCUT2D eigenvalue weighted by molar-refractivity contribution is -0.140. The van der Waals surface area contributed by atoms with Crippen molar-refractivity contribution in [1.82, 2.24) is 0 Å². The van der Waals surface area contributed by atoms with Gasteiger partial charge >= 0.3 is 0 Å². The van der Waals surface area contributed by atoms with Crippen LogP contribution in [-0.4, -0.2) is 11.6 Å². The van der Waals surface area contributed by atoms with Gasteiger partial charge in [0.15, 0.2) is 0 Å². The number of fused-ring (bicyclic) bond motifs is 1. The summed E-state index contributed by atoms with van der Waals surface area (Å²) in [6.07, 6.45) is 5.75. The Hall–Kier alpha value is -0.660. The molecular weight excluding hydrogens is 188 g/mol. The highest BCUT2D eigenvalue weighted by Gasteiger charge is 2.47. The molecule has 2 fully saturated rings. The number of carbonyl (C=O) groups is 2. The van der Waals surface area contributed by atoms with Gasteiger partial charge in [0.25, 0.3) is 0 Å². The van der Waals surface area contributed by atoms with Crippen LogP contribution in [0, 0.1) is 17.3 Å². The fourth-order valence-electron chi connectivity index (χ4n) is 3.37. The lowest BCUT2D eigenvalue weighted by atomic mass is 9.57. The molecular formula is C13H20O2. The van der Waals surface area contributed by atoms with Crippen molar-refractivity contribution in [2.75, 3.05) is 0 Å². The van der Waals surface area contributed by atoms with Crippen LogP contribution in [0.5, 0.6) is 0 Å². The second kappa shape index (κ2) is 3.73. The van der Waals surface area contributed by atoms with Crippen molar-refractivity contribution in [2.24, 2.45) is 17.3 Å². The first-order valence-electron chi connectivity index (χ1n) is 6.08. The lowest BCUT2D eigenvalue weighted by Crippen LogP contribution is -2.44. The van der Waals surface area contributed by atoms with Gasteiger partial charge in [-0.2, -0.15) is 0 Å². The molecule has 0 bridgehead atoms. The maximum absolute atomic E-state index is 11.9. The van der Waals surface area contributed by atoms with E-state index in [0.29, 0.717) is 17.5 Å². The minimum atomic E-state index is -0.0931. The zero-order valence-electron chi connectivity index (χ0n) is 9.71. The fraction of sp³-hybridized carbons (Fsp3) is 0.846. The van der Waals surface area contributed by atoms with Crippen LogP contribution in [0.2, 0.25) is 0 Å². The molecule has 2 aliphatic carbocycles. The van der Waals surface area contributed by atoms with Crippen molar-refractivity contribution in [3.63, 3.8) is 0 Å². The van der Waals surface area contributed by atoms with Gasteiger partial charge in [0.1, 0.15) is 11.6 Å². The minimum Gasteiger partial charge on any atom is -0.300 e. The zero-order valence-corrected chi connectivity index (χ0v) is 9.71. The molecule has 0 aliphatic heterocycles. The van der Waals surface area contributed by atoms with Gasteiger partial charge < -0.3 is 0 Å². The largest absolute Gasteiger partial charge is 0.300 e. The number of hydrogen-bond acceptors (Lipinski definition) is 2. The molecule has 3 unspecified atom stereocenters. The quantitative estimate of drug-likeness (QED) is 0.664. The third-order valence-electron chi connectivity index (χ3n) is 4.65. The van der Waals surface area contributed by atoms with Gasteiger partial charge in [0.2, 0.25) is 0 Å². The Bertz CT molecular complexity index is 295. The van der Waals surface area contributed by atoms with E-state index in [4.69, 9.17) is 0 Å². The Morgan fingerprint density at radius 1 is 1.40 bits per heavy atom. The molecule has 2 nitrogen and oxygen atoms in total. The van der Waals surface area contributed by atoms with Crippen LogP contribution in [0.25, 0.3) is 0 Å². The minimum absolute atomic E-state index is 0.0931. The van der Waals surface area contributed by atoms with Crippen LogP contribution in [-0.2, 0) is 9.59 Å². The molecule has 2 rings (SSSR count). The fourth-order valence-corrected chi connectivity index (χ4v) is 3.37. The Balaban J connectivity index is 2.14. The monoisotopic (exact) mass is 208 g/mol. The smallest absolute Gasteiger partial charge is 0.139 e. The van der Waals surface area contributed by atoms with Crippen LogP contribution in [0.15, 0.2) is 0 Å². The van der Waals surface area contributed by atoms with Crippen LogP contribution < -0.4 is 0 Å². The predicted octanol–water partition coefficient (Wildman–Crippen LogP) is 2.75. The zero-order chi connectivity index (χ0) is 11.1. The molecule has 0 saturated heterocycles. The Morgan fingerprint density at radius 3 is 2.80 bits per heavy atom.